The Bertz CT molecular complexity index is 909. The molecule has 0 bridgehead atoms. The van der Waals surface area contributed by atoms with Gasteiger partial charge in [0.05, 0.1) is 18.7 Å². The molecule has 4 nitrogen and oxygen atoms in total. The minimum atomic E-state index is -0.397. The molecule has 3 aromatic rings. The number of rotatable bonds is 7. The van der Waals surface area contributed by atoms with Crippen molar-refractivity contribution in [1.82, 2.24) is 0 Å². The van der Waals surface area contributed by atoms with E-state index >= 15 is 0 Å². The molecule has 0 saturated carbocycles. The van der Waals surface area contributed by atoms with Gasteiger partial charge in [-0.3, -0.25) is 4.79 Å². The van der Waals surface area contributed by atoms with Gasteiger partial charge in [-0.25, -0.2) is 4.39 Å². The molecule has 0 heterocycles. The van der Waals surface area contributed by atoms with E-state index in [-0.39, 0.29) is 12.3 Å². The molecule has 0 saturated heterocycles. The Morgan fingerprint density at radius 1 is 0.926 bits per heavy atom. The second-order valence-corrected chi connectivity index (χ2v) is 5.82. The Balaban J connectivity index is 1.70. The predicted octanol–water partition coefficient (Wildman–Crippen LogP) is 5.20. The Morgan fingerprint density at radius 2 is 1.59 bits per heavy atom. The quantitative estimate of drug-likeness (QED) is 0.626. The van der Waals surface area contributed by atoms with Crippen molar-refractivity contribution in [2.24, 2.45) is 0 Å². The molecule has 5 heteroatoms. The summed E-state index contributed by atoms with van der Waals surface area (Å²) in [7, 11) is 0. The van der Waals surface area contributed by atoms with E-state index in [0.29, 0.717) is 29.4 Å². The minimum absolute atomic E-state index is 0.0515. The van der Waals surface area contributed by atoms with E-state index in [0.717, 1.165) is 5.75 Å². The molecule has 1 N–H and O–H groups in total. The first-order valence-electron chi connectivity index (χ1n) is 8.68. The molecule has 0 radical (unpaired) electrons. The van der Waals surface area contributed by atoms with E-state index in [9.17, 15) is 9.18 Å². The van der Waals surface area contributed by atoms with Gasteiger partial charge in [-0.15, -0.1) is 0 Å². The SMILES string of the molecule is CCOc1ccc(Oc2ccccc2NC(=O)Cc2ccccc2F)cc1. The van der Waals surface area contributed by atoms with Crippen LogP contribution >= 0.6 is 0 Å². The van der Waals surface area contributed by atoms with Crippen LogP contribution in [0.4, 0.5) is 10.1 Å². The van der Waals surface area contributed by atoms with Crippen molar-refractivity contribution in [3.05, 3.63) is 84.2 Å². The van der Waals surface area contributed by atoms with Gasteiger partial charge in [0, 0.05) is 0 Å². The van der Waals surface area contributed by atoms with Crippen LogP contribution in [0.1, 0.15) is 12.5 Å². The number of hydrogen-bond acceptors (Lipinski definition) is 3. The summed E-state index contributed by atoms with van der Waals surface area (Å²) in [6.07, 6.45) is -0.0515. The summed E-state index contributed by atoms with van der Waals surface area (Å²) in [4.78, 5) is 12.3. The fraction of sp³-hybridized carbons (Fsp3) is 0.136. The lowest BCUT2D eigenvalue weighted by Crippen LogP contribution is -2.15. The molecular formula is C22H20FNO3. The molecule has 0 aliphatic rings. The van der Waals surface area contributed by atoms with Gasteiger partial charge in [0.2, 0.25) is 5.91 Å². The second-order valence-electron chi connectivity index (χ2n) is 5.82. The summed E-state index contributed by atoms with van der Waals surface area (Å²) >= 11 is 0. The summed E-state index contributed by atoms with van der Waals surface area (Å²) in [5.41, 5.74) is 0.868. The number of carbonyl (C=O) groups excluding carboxylic acids is 1. The number of benzene rings is 3. The molecular weight excluding hydrogens is 345 g/mol. The van der Waals surface area contributed by atoms with E-state index in [1.165, 1.54) is 6.07 Å². The number of nitrogens with one attached hydrogen (secondary N) is 1. The third kappa shape index (κ3) is 5.07. The zero-order chi connectivity index (χ0) is 19.1. The zero-order valence-electron chi connectivity index (χ0n) is 14.9. The van der Waals surface area contributed by atoms with Crippen LogP contribution in [0.15, 0.2) is 72.8 Å². The van der Waals surface area contributed by atoms with E-state index in [2.05, 4.69) is 5.32 Å². The Morgan fingerprint density at radius 3 is 2.33 bits per heavy atom. The van der Waals surface area contributed by atoms with E-state index in [1.807, 2.05) is 25.1 Å². The lowest BCUT2D eigenvalue weighted by atomic mass is 10.1. The highest BCUT2D eigenvalue weighted by Crippen LogP contribution is 2.30. The summed E-state index contributed by atoms with van der Waals surface area (Å²) in [5.74, 6) is 1.17. The van der Waals surface area contributed by atoms with Gasteiger partial charge in [-0.1, -0.05) is 30.3 Å². The first-order chi connectivity index (χ1) is 13.2. The average molecular weight is 365 g/mol. The monoisotopic (exact) mass is 365 g/mol. The molecule has 0 unspecified atom stereocenters. The van der Waals surface area contributed by atoms with Crippen molar-refractivity contribution in [3.63, 3.8) is 0 Å². The third-order valence-electron chi connectivity index (χ3n) is 3.83. The normalized spacial score (nSPS) is 10.3. The van der Waals surface area contributed by atoms with E-state index < -0.39 is 5.82 Å². The lowest BCUT2D eigenvalue weighted by Gasteiger charge is -2.13. The maximum atomic E-state index is 13.7. The summed E-state index contributed by atoms with van der Waals surface area (Å²) in [5, 5.41) is 2.78. The molecule has 0 spiro atoms. The van der Waals surface area contributed by atoms with Gasteiger partial charge in [-0.2, -0.15) is 0 Å². The predicted molar refractivity (Wildman–Crippen MR) is 103 cm³/mol. The highest BCUT2D eigenvalue weighted by Gasteiger charge is 2.11. The van der Waals surface area contributed by atoms with Crippen LogP contribution in [-0.4, -0.2) is 12.5 Å². The molecule has 0 atom stereocenters. The molecule has 27 heavy (non-hydrogen) atoms. The second kappa shape index (κ2) is 8.85. The zero-order valence-corrected chi connectivity index (χ0v) is 14.9. The first-order valence-corrected chi connectivity index (χ1v) is 8.68. The van der Waals surface area contributed by atoms with Gasteiger partial charge in [-0.05, 0) is 55.0 Å². The van der Waals surface area contributed by atoms with Crippen molar-refractivity contribution < 1.29 is 18.7 Å². The first kappa shape index (κ1) is 18.5. The maximum absolute atomic E-state index is 13.7. The van der Waals surface area contributed by atoms with Crippen molar-refractivity contribution in [2.45, 2.75) is 13.3 Å². The summed E-state index contributed by atoms with van der Waals surface area (Å²) in [6.45, 7) is 2.52. The van der Waals surface area contributed by atoms with Gasteiger partial charge in [0.25, 0.3) is 0 Å². The van der Waals surface area contributed by atoms with Crippen molar-refractivity contribution in [3.8, 4) is 17.2 Å². The standard InChI is InChI=1S/C22H20FNO3/c1-2-26-17-11-13-18(14-12-17)27-21-10-6-5-9-20(21)24-22(25)15-16-7-3-4-8-19(16)23/h3-14H,2,15H2,1H3,(H,24,25). The van der Waals surface area contributed by atoms with Gasteiger partial charge < -0.3 is 14.8 Å². The Hall–Kier alpha value is -3.34. The molecule has 138 valence electrons. The van der Waals surface area contributed by atoms with Gasteiger partial charge >= 0.3 is 0 Å². The lowest BCUT2D eigenvalue weighted by molar-refractivity contribution is -0.115. The average Bonchev–Trinajstić information content (AvgIpc) is 2.67. The number of hydrogen-bond donors (Lipinski definition) is 1. The molecule has 0 fully saturated rings. The van der Waals surface area contributed by atoms with Crippen LogP contribution in [0.25, 0.3) is 0 Å². The van der Waals surface area contributed by atoms with Crippen LogP contribution in [0.3, 0.4) is 0 Å². The third-order valence-corrected chi connectivity index (χ3v) is 3.83. The smallest absolute Gasteiger partial charge is 0.229 e. The molecule has 3 rings (SSSR count). The number of ether oxygens (including phenoxy) is 2. The number of carbonyl (C=O) groups is 1. The highest BCUT2D eigenvalue weighted by molar-refractivity contribution is 5.93. The van der Waals surface area contributed by atoms with Crippen molar-refractivity contribution in [2.75, 3.05) is 11.9 Å². The largest absolute Gasteiger partial charge is 0.494 e. The minimum Gasteiger partial charge on any atom is -0.494 e. The number of anilines is 1. The van der Waals surface area contributed by atoms with Crippen LogP contribution in [-0.2, 0) is 11.2 Å². The van der Waals surface area contributed by atoms with Gasteiger partial charge in [0.15, 0.2) is 5.75 Å². The van der Waals surface area contributed by atoms with Crippen molar-refractivity contribution >= 4 is 11.6 Å². The molecule has 0 aliphatic heterocycles. The Kier molecular flexibility index (Phi) is 6.05. The van der Waals surface area contributed by atoms with Gasteiger partial charge in [0.1, 0.15) is 17.3 Å². The highest BCUT2D eigenvalue weighted by atomic mass is 19.1. The molecule has 0 aliphatic carbocycles. The van der Waals surface area contributed by atoms with E-state index in [4.69, 9.17) is 9.47 Å². The number of para-hydroxylation sites is 2. The van der Waals surface area contributed by atoms with E-state index in [1.54, 1.807) is 48.5 Å². The molecule has 1 amide bonds. The summed E-state index contributed by atoms with van der Waals surface area (Å²) in [6, 6.07) is 20.6. The fourth-order valence-electron chi connectivity index (χ4n) is 2.57. The van der Waals surface area contributed by atoms with Crippen molar-refractivity contribution in [1.29, 1.82) is 0 Å². The Labute approximate surface area is 157 Å². The fourth-order valence-corrected chi connectivity index (χ4v) is 2.57. The maximum Gasteiger partial charge on any atom is 0.229 e. The molecule has 3 aromatic carbocycles. The number of amides is 1. The van der Waals surface area contributed by atoms with Crippen LogP contribution in [0, 0.1) is 5.82 Å². The van der Waals surface area contributed by atoms with Crippen LogP contribution in [0.2, 0.25) is 0 Å². The van der Waals surface area contributed by atoms with Crippen LogP contribution < -0.4 is 14.8 Å². The molecule has 0 aromatic heterocycles. The number of halogens is 1. The van der Waals surface area contributed by atoms with Crippen LogP contribution in [0.5, 0.6) is 17.2 Å². The summed E-state index contributed by atoms with van der Waals surface area (Å²) < 4.78 is 25.0. The topological polar surface area (TPSA) is 47.6 Å².